The molecule has 1 aromatic rings. The van der Waals surface area contributed by atoms with Gasteiger partial charge in [0.05, 0.1) is 12.1 Å². The molecule has 0 fully saturated rings. The minimum absolute atomic E-state index is 0.196. The lowest BCUT2D eigenvalue weighted by molar-refractivity contribution is 0.415. The predicted octanol–water partition coefficient (Wildman–Crippen LogP) is 2.85. The lowest BCUT2D eigenvalue weighted by Gasteiger charge is -2.06. The third-order valence-electron chi connectivity index (χ3n) is 2.68. The Bertz CT molecular complexity index is 401. The van der Waals surface area contributed by atoms with Gasteiger partial charge in [0.25, 0.3) is 0 Å². The minimum atomic E-state index is 0.196. The molecule has 0 radical (unpaired) electrons. The van der Waals surface area contributed by atoms with Gasteiger partial charge in [-0.2, -0.15) is 0 Å². The number of halogens is 1. The average Bonchev–Trinajstić information content (AvgIpc) is 2.66. The summed E-state index contributed by atoms with van der Waals surface area (Å²) in [6, 6.07) is 6.03. The Morgan fingerprint density at radius 2 is 2.27 bits per heavy atom. The summed E-state index contributed by atoms with van der Waals surface area (Å²) in [4.78, 5) is 0. The third-order valence-corrected chi connectivity index (χ3v) is 3.00. The first kappa shape index (κ1) is 10.5. The average molecular weight is 224 g/mol. The number of rotatable bonds is 2. The third kappa shape index (κ3) is 2.16. The zero-order chi connectivity index (χ0) is 10.8. The zero-order valence-electron chi connectivity index (χ0n) is 8.66. The highest BCUT2D eigenvalue weighted by Crippen LogP contribution is 2.32. The van der Waals surface area contributed by atoms with E-state index >= 15 is 0 Å². The van der Waals surface area contributed by atoms with Crippen molar-refractivity contribution in [1.82, 2.24) is 0 Å². The van der Waals surface area contributed by atoms with Crippen molar-refractivity contribution in [2.75, 3.05) is 7.11 Å². The number of benzene rings is 1. The molecule has 1 aliphatic rings. The molecule has 0 saturated heterocycles. The molecule has 1 unspecified atom stereocenters. The van der Waals surface area contributed by atoms with Gasteiger partial charge >= 0.3 is 0 Å². The first-order valence-electron chi connectivity index (χ1n) is 5.01. The van der Waals surface area contributed by atoms with Crippen LogP contribution < -0.4 is 10.5 Å². The van der Waals surface area contributed by atoms with E-state index in [9.17, 15) is 0 Å². The largest absolute Gasteiger partial charge is 0.495 e. The zero-order valence-corrected chi connectivity index (χ0v) is 9.42. The number of methoxy groups -OCH3 is 1. The fraction of sp³-hybridized carbons (Fsp3) is 0.333. The second kappa shape index (κ2) is 4.25. The van der Waals surface area contributed by atoms with Gasteiger partial charge in [0, 0.05) is 6.04 Å². The molecular formula is C12H14ClNO. The molecule has 1 aromatic carbocycles. The number of allylic oxidation sites excluding steroid dienone is 1. The quantitative estimate of drug-likeness (QED) is 0.837. The van der Waals surface area contributed by atoms with Crippen LogP contribution in [0.3, 0.4) is 0 Å². The van der Waals surface area contributed by atoms with Gasteiger partial charge in [0.1, 0.15) is 5.75 Å². The molecule has 0 amide bonds. The van der Waals surface area contributed by atoms with E-state index in [1.54, 1.807) is 7.11 Å². The predicted molar refractivity (Wildman–Crippen MR) is 63.2 cm³/mol. The summed E-state index contributed by atoms with van der Waals surface area (Å²) in [5.74, 6) is 0.718. The van der Waals surface area contributed by atoms with Crippen LogP contribution in [0.1, 0.15) is 18.4 Å². The van der Waals surface area contributed by atoms with Crippen molar-refractivity contribution in [3.05, 3.63) is 34.9 Å². The summed E-state index contributed by atoms with van der Waals surface area (Å²) in [6.45, 7) is 0. The Kier molecular flexibility index (Phi) is 2.98. The van der Waals surface area contributed by atoms with Crippen LogP contribution in [0.5, 0.6) is 5.75 Å². The highest BCUT2D eigenvalue weighted by molar-refractivity contribution is 6.32. The molecule has 0 aromatic heterocycles. The van der Waals surface area contributed by atoms with E-state index in [0.717, 1.165) is 24.2 Å². The second-order valence-corrected chi connectivity index (χ2v) is 4.15. The van der Waals surface area contributed by atoms with Crippen molar-refractivity contribution in [1.29, 1.82) is 0 Å². The van der Waals surface area contributed by atoms with Gasteiger partial charge in [-0.1, -0.05) is 23.7 Å². The van der Waals surface area contributed by atoms with Gasteiger partial charge < -0.3 is 10.5 Å². The van der Waals surface area contributed by atoms with E-state index in [1.165, 1.54) is 5.57 Å². The maximum absolute atomic E-state index is 5.96. The van der Waals surface area contributed by atoms with Gasteiger partial charge in [0.15, 0.2) is 0 Å². The van der Waals surface area contributed by atoms with E-state index < -0.39 is 0 Å². The Morgan fingerprint density at radius 1 is 1.47 bits per heavy atom. The SMILES string of the molecule is COc1cc(C2=CC(N)CC2)ccc1Cl. The first-order valence-corrected chi connectivity index (χ1v) is 5.38. The molecule has 1 aliphatic carbocycles. The van der Waals surface area contributed by atoms with Crippen LogP contribution in [-0.2, 0) is 0 Å². The summed E-state index contributed by atoms with van der Waals surface area (Å²) in [6.07, 6.45) is 4.18. The number of hydrogen-bond acceptors (Lipinski definition) is 2. The van der Waals surface area contributed by atoms with Crippen molar-refractivity contribution in [2.45, 2.75) is 18.9 Å². The number of nitrogens with two attached hydrogens (primary N) is 1. The Labute approximate surface area is 94.7 Å². The van der Waals surface area contributed by atoms with E-state index in [-0.39, 0.29) is 6.04 Å². The highest BCUT2D eigenvalue weighted by atomic mass is 35.5. The topological polar surface area (TPSA) is 35.2 Å². The molecule has 0 heterocycles. The molecule has 3 heteroatoms. The fourth-order valence-electron chi connectivity index (χ4n) is 1.85. The van der Waals surface area contributed by atoms with Crippen LogP contribution in [-0.4, -0.2) is 13.2 Å². The standard InChI is InChI=1S/C12H14ClNO/c1-15-12-7-9(3-5-11(12)13)8-2-4-10(14)6-8/h3,5-7,10H,2,4,14H2,1H3. The monoisotopic (exact) mass is 223 g/mol. The summed E-state index contributed by atoms with van der Waals surface area (Å²) >= 11 is 5.96. The van der Waals surface area contributed by atoms with Gasteiger partial charge in [0.2, 0.25) is 0 Å². The fourth-order valence-corrected chi connectivity index (χ4v) is 2.04. The molecule has 0 bridgehead atoms. The van der Waals surface area contributed by atoms with Crippen molar-refractivity contribution >= 4 is 17.2 Å². The van der Waals surface area contributed by atoms with Crippen LogP contribution in [0.25, 0.3) is 5.57 Å². The van der Waals surface area contributed by atoms with E-state index in [1.807, 2.05) is 18.2 Å². The minimum Gasteiger partial charge on any atom is -0.495 e. The second-order valence-electron chi connectivity index (χ2n) is 3.74. The molecule has 2 rings (SSSR count). The highest BCUT2D eigenvalue weighted by Gasteiger charge is 2.14. The first-order chi connectivity index (χ1) is 7.20. The molecule has 15 heavy (non-hydrogen) atoms. The van der Waals surface area contributed by atoms with Gasteiger partial charge in [-0.25, -0.2) is 0 Å². The summed E-state index contributed by atoms with van der Waals surface area (Å²) in [5.41, 5.74) is 8.28. The van der Waals surface area contributed by atoms with Crippen LogP contribution in [0.15, 0.2) is 24.3 Å². The summed E-state index contributed by atoms with van der Waals surface area (Å²) < 4.78 is 5.18. The summed E-state index contributed by atoms with van der Waals surface area (Å²) in [5, 5.41) is 0.643. The maximum Gasteiger partial charge on any atom is 0.138 e. The number of hydrogen-bond donors (Lipinski definition) is 1. The molecule has 1 atom stereocenters. The Morgan fingerprint density at radius 3 is 2.87 bits per heavy atom. The molecular weight excluding hydrogens is 210 g/mol. The van der Waals surface area contributed by atoms with E-state index in [4.69, 9.17) is 22.1 Å². The lowest BCUT2D eigenvalue weighted by atomic mass is 10.1. The van der Waals surface area contributed by atoms with Crippen molar-refractivity contribution in [3.8, 4) is 5.75 Å². The van der Waals surface area contributed by atoms with Gasteiger partial charge in [-0.05, 0) is 36.1 Å². The van der Waals surface area contributed by atoms with Gasteiger partial charge in [-0.15, -0.1) is 0 Å². The Hall–Kier alpha value is -0.990. The van der Waals surface area contributed by atoms with E-state index in [0.29, 0.717) is 5.02 Å². The molecule has 0 saturated carbocycles. The molecule has 0 aliphatic heterocycles. The number of ether oxygens (including phenoxy) is 1. The normalized spacial score (nSPS) is 20.2. The molecule has 0 spiro atoms. The Balaban J connectivity index is 2.33. The smallest absolute Gasteiger partial charge is 0.138 e. The van der Waals surface area contributed by atoms with E-state index in [2.05, 4.69) is 6.08 Å². The molecule has 2 nitrogen and oxygen atoms in total. The van der Waals surface area contributed by atoms with Crippen LogP contribution in [0.2, 0.25) is 5.02 Å². The molecule has 2 N–H and O–H groups in total. The maximum atomic E-state index is 5.96. The van der Waals surface area contributed by atoms with Crippen molar-refractivity contribution in [2.24, 2.45) is 5.73 Å². The van der Waals surface area contributed by atoms with Crippen LogP contribution in [0, 0.1) is 0 Å². The van der Waals surface area contributed by atoms with Gasteiger partial charge in [-0.3, -0.25) is 0 Å². The van der Waals surface area contributed by atoms with Crippen molar-refractivity contribution in [3.63, 3.8) is 0 Å². The van der Waals surface area contributed by atoms with Crippen LogP contribution >= 0.6 is 11.6 Å². The lowest BCUT2D eigenvalue weighted by Crippen LogP contribution is -2.11. The summed E-state index contributed by atoms with van der Waals surface area (Å²) in [7, 11) is 1.62. The van der Waals surface area contributed by atoms with Crippen LogP contribution in [0.4, 0.5) is 0 Å². The van der Waals surface area contributed by atoms with Crippen molar-refractivity contribution < 1.29 is 4.74 Å². The molecule has 80 valence electrons.